The van der Waals surface area contributed by atoms with Crippen molar-refractivity contribution in [1.82, 2.24) is 10.2 Å². The first-order chi connectivity index (χ1) is 9.29. The second kappa shape index (κ2) is 7.29. The lowest BCUT2D eigenvalue weighted by atomic mass is 10.1. The Labute approximate surface area is 116 Å². The van der Waals surface area contributed by atoms with Crippen molar-refractivity contribution in [2.75, 3.05) is 19.6 Å². The van der Waals surface area contributed by atoms with Gasteiger partial charge in [-0.05, 0) is 37.9 Å². The standard InChI is InChI=1S/C16H24N2O/c1-2-18-12-6-9-15(18)13-17-16(19)11-10-14-7-4-3-5-8-14/h3-5,7-8,15H,2,6,9-13H2,1H3,(H,17,19)/t15-/m1/s1. The normalized spacial score (nSPS) is 19.5. The van der Waals surface area contributed by atoms with E-state index in [1.165, 1.54) is 24.9 Å². The molecule has 104 valence electrons. The molecule has 0 saturated carbocycles. The van der Waals surface area contributed by atoms with E-state index in [-0.39, 0.29) is 5.91 Å². The Morgan fingerprint density at radius 1 is 1.37 bits per heavy atom. The summed E-state index contributed by atoms with van der Waals surface area (Å²) in [6.45, 7) is 5.27. The van der Waals surface area contributed by atoms with E-state index >= 15 is 0 Å². The van der Waals surface area contributed by atoms with Gasteiger partial charge >= 0.3 is 0 Å². The molecule has 1 aliphatic rings. The number of carbonyl (C=O) groups excluding carboxylic acids is 1. The second-order valence-electron chi connectivity index (χ2n) is 5.21. The molecule has 1 aromatic rings. The molecule has 0 bridgehead atoms. The van der Waals surface area contributed by atoms with Gasteiger partial charge in [-0.1, -0.05) is 37.3 Å². The number of nitrogens with one attached hydrogen (secondary N) is 1. The molecule has 1 aliphatic heterocycles. The van der Waals surface area contributed by atoms with Gasteiger partial charge < -0.3 is 5.32 Å². The minimum Gasteiger partial charge on any atom is -0.355 e. The van der Waals surface area contributed by atoms with E-state index in [9.17, 15) is 4.79 Å². The summed E-state index contributed by atoms with van der Waals surface area (Å²) in [6.07, 6.45) is 3.89. The van der Waals surface area contributed by atoms with E-state index in [2.05, 4.69) is 29.3 Å². The fraction of sp³-hybridized carbons (Fsp3) is 0.562. The summed E-state index contributed by atoms with van der Waals surface area (Å²) in [5.74, 6) is 0.173. The van der Waals surface area contributed by atoms with E-state index in [0.717, 1.165) is 19.5 Å². The number of amides is 1. The first-order valence-corrected chi connectivity index (χ1v) is 7.34. The highest BCUT2D eigenvalue weighted by molar-refractivity contribution is 5.76. The van der Waals surface area contributed by atoms with Crippen LogP contribution in [0.15, 0.2) is 30.3 Å². The topological polar surface area (TPSA) is 32.3 Å². The molecule has 1 aromatic carbocycles. The van der Waals surface area contributed by atoms with E-state index in [1.807, 2.05) is 18.2 Å². The van der Waals surface area contributed by atoms with E-state index < -0.39 is 0 Å². The van der Waals surface area contributed by atoms with Crippen molar-refractivity contribution in [2.24, 2.45) is 0 Å². The molecule has 3 heteroatoms. The van der Waals surface area contributed by atoms with Gasteiger partial charge in [0.2, 0.25) is 5.91 Å². The maximum atomic E-state index is 11.8. The highest BCUT2D eigenvalue weighted by Gasteiger charge is 2.22. The van der Waals surface area contributed by atoms with Crippen molar-refractivity contribution in [1.29, 1.82) is 0 Å². The first-order valence-electron chi connectivity index (χ1n) is 7.34. The Bertz CT molecular complexity index is 391. The Morgan fingerprint density at radius 3 is 2.89 bits per heavy atom. The van der Waals surface area contributed by atoms with Gasteiger partial charge in [0.05, 0.1) is 0 Å². The molecular weight excluding hydrogens is 236 g/mol. The van der Waals surface area contributed by atoms with Gasteiger partial charge in [0.15, 0.2) is 0 Å². The molecule has 1 amide bonds. The maximum absolute atomic E-state index is 11.8. The molecule has 0 unspecified atom stereocenters. The molecule has 1 atom stereocenters. The van der Waals surface area contributed by atoms with E-state index in [4.69, 9.17) is 0 Å². The lowest BCUT2D eigenvalue weighted by Crippen LogP contribution is -2.40. The number of hydrogen-bond donors (Lipinski definition) is 1. The lowest BCUT2D eigenvalue weighted by molar-refractivity contribution is -0.121. The molecule has 1 fully saturated rings. The van der Waals surface area contributed by atoms with Crippen LogP contribution in [0.3, 0.4) is 0 Å². The molecule has 0 spiro atoms. The summed E-state index contributed by atoms with van der Waals surface area (Å²) in [6, 6.07) is 10.7. The Morgan fingerprint density at radius 2 is 2.16 bits per heavy atom. The number of nitrogens with zero attached hydrogens (tertiary/aromatic N) is 1. The zero-order valence-corrected chi connectivity index (χ0v) is 11.8. The minimum atomic E-state index is 0.173. The second-order valence-corrected chi connectivity index (χ2v) is 5.21. The van der Waals surface area contributed by atoms with Crippen LogP contribution in [0.4, 0.5) is 0 Å². The van der Waals surface area contributed by atoms with Gasteiger partial charge in [-0.15, -0.1) is 0 Å². The molecular formula is C16H24N2O. The third-order valence-corrected chi connectivity index (χ3v) is 3.92. The zero-order chi connectivity index (χ0) is 13.5. The largest absolute Gasteiger partial charge is 0.355 e. The highest BCUT2D eigenvalue weighted by Crippen LogP contribution is 2.15. The Kier molecular flexibility index (Phi) is 5.40. The number of benzene rings is 1. The van der Waals surface area contributed by atoms with Crippen LogP contribution in [-0.2, 0) is 11.2 Å². The van der Waals surface area contributed by atoms with Crippen LogP contribution in [0.1, 0.15) is 31.7 Å². The summed E-state index contributed by atoms with van der Waals surface area (Å²) >= 11 is 0. The number of carbonyl (C=O) groups is 1. The third-order valence-electron chi connectivity index (χ3n) is 3.92. The van der Waals surface area contributed by atoms with Crippen molar-refractivity contribution in [3.05, 3.63) is 35.9 Å². The molecule has 0 aliphatic carbocycles. The summed E-state index contributed by atoms with van der Waals surface area (Å²) < 4.78 is 0. The number of aryl methyl sites for hydroxylation is 1. The predicted octanol–water partition coefficient (Wildman–Crippen LogP) is 2.22. The van der Waals surface area contributed by atoms with Crippen LogP contribution >= 0.6 is 0 Å². The number of hydrogen-bond acceptors (Lipinski definition) is 2. The average molecular weight is 260 g/mol. The Balaban J connectivity index is 1.67. The smallest absolute Gasteiger partial charge is 0.220 e. The number of likely N-dealkylation sites (tertiary alicyclic amines) is 1. The predicted molar refractivity (Wildman–Crippen MR) is 78.0 cm³/mol. The van der Waals surface area contributed by atoms with Crippen LogP contribution in [0.25, 0.3) is 0 Å². The monoisotopic (exact) mass is 260 g/mol. The zero-order valence-electron chi connectivity index (χ0n) is 11.8. The SMILES string of the molecule is CCN1CCC[C@@H]1CNC(=O)CCc1ccccc1. The molecule has 0 radical (unpaired) electrons. The van der Waals surface area contributed by atoms with E-state index in [1.54, 1.807) is 0 Å². The third kappa shape index (κ3) is 4.35. The van der Waals surface area contributed by atoms with Crippen molar-refractivity contribution in [3.63, 3.8) is 0 Å². The Hall–Kier alpha value is -1.35. The molecule has 0 aromatic heterocycles. The molecule has 1 saturated heterocycles. The molecule has 1 heterocycles. The fourth-order valence-electron chi connectivity index (χ4n) is 2.77. The van der Waals surface area contributed by atoms with Gasteiger partial charge in [0.25, 0.3) is 0 Å². The van der Waals surface area contributed by atoms with Crippen LogP contribution in [0.5, 0.6) is 0 Å². The van der Waals surface area contributed by atoms with Crippen molar-refractivity contribution < 1.29 is 4.79 Å². The summed E-state index contributed by atoms with van der Waals surface area (Å²) in [7, 11) is 0. The van der Waals surface area contributed by atoms with Crippen LogP contribution in [0.2, 0.25) is 0 Å². The van der Waals surface area contributed by atoms with Crippen molar-refractivity contribution in [2.45, 2.75) is 38.6 Å². The van der Waals surface area contributed by atoms with Gasteiger partial charge in [0.1, 0.15) is 0 Å². The first kappa shape index (κ1) is 14.1. The quantitative estimate of drug-likeness (QED) is 0.850. The van der Waals surface area contributed by atoms with Crippen molar-refractivity contribution in [3.8, 4) is 0 Å². The fourth-order valence-corrected chi connectivity index (χ4v) is 2.77. The lowest BCUT2D eigenvalue weighted by Gasteiger charge is -2.22. The minimum absolute atomic E-state index is 0.173. The summed E-state index contributed by atoms with van der Waals surface area (Å²) in [5.41, 5.74) is 1.23. The number of rotatable bonds is 6. The molecule has 1 N–H and O–H groups in total. The highest BCUT2D eigenvalue weighted by atomic mass is 16.1. The van der Waals surface area contributed by atoms with Crippen molar-refractivity contribution >= 4 is 5.91 Å². The van der Waals surface area contributed by atoms with Gasteiger partial charge in [0, 0.05) is 19.0 Å². The van der Waals surface area contributed by atoms with Crippen LogP contribution < -0.4 is 5.32 Å². The molecule has 3 nitrogen and oxygen atoms in total. The summed E-state index contributed by atoms with van der Waals surface area (Å²) in [4.78, 5) is 14.3. The molecule has 2 rings (SSSR count). The van der Waals surface area contributed by atoms with Crippen LogP contribution in [0, 0.1) is 0 Å². The number of likely N-dealkylation sites (N-methyl/N-ethyl adjacent to an activating group) is 1. The molecule has 19 heavy (non-hydrogen) atoms. The van der Waals surface area contributed by atoms with Gasteiger partial charge in [-0.3, -0.25) is 9.69 Å². The van der Waals surface area contributed by atoms with Crippen LogP contribution in [-0.4, -0.2) is 36.5 Å². The maximum Gasteiger partial charge on any atom is 0.220 e. The van der Waals surface area contributed by atoms with Gasteiger partial charge in [-0.2, -0.15) is 0 Å². The van der Waals surface area contributed by atoms with Gasteiger partial charge in [-0.25, -0.2) is 0 Å². The summed E-state index contributed by atoms with van der Waals surface area (Å²) in [5, 5.41) is 3.08. The van der Waals surface area contributed by atoms with E-state index in [0.29, 0.717) is 12.5 Å². The average Bonchev–Trinajstić information content (AvgIpc) is 2.91.